The lowest BCUT2D eigenvalue weighted by atomic mass is 9.92. The van der Waals surface area contributed by atoms with Crippen molar-refractivity contribution in [2.24, 2.45) is 5.73 Å². The van der Waals surface area contributed by atoms with Crippen LogP contribution in [0.2, 0.25) is 0 Å². The molecule has 76 valence electrons. The van der Waals surface area contributed by atoms with Crippen LogP contribution in [-0.2, 0) is 4.74 Å². The molecule has 4 heteroatoms. The zero-order valence-electron chi connectivity index (χ0n) is 7.76. The second-order valence-electron chi connectivity index (χ2n) is 3.46. The third-order valence-electron chi connectivity index (χ3n) is 2.44. The molecule has 1 heterocycles. The van der Waals surface area contributed by atoms with Crippen molar-refractivity contribution in [2.75, 3.05) is 0 Å². The molecule has 0 aliphatic carbocycles. The molecule has 0 aromatic heterocycles. The maximum absolute atomic E-state index is 9.52. The molecule has 13 heavy (non-hydrogen) atoms. The van der Waals surface area contributed by atoms with Crippen LogP contribution in [0.5, 0.6) is 0 Å². The first-order valence-corrected chi connectivity index (χ1v) is 4.46. The molecule has 0 aromatic carbocycles. The van der Waals surface area contributed by atoms with E-state index in [1.165, 1.54) is 0 Å². The van der Waals surface area contributed by atoms with Gasteiger partial charge in [0.25, 0.3) is 0 Å². The highest BCUT2D eigenvalue weighted by molar-refractivity contribution is 4.95. The van der Waals surface area contributed by atoms with E-state index in [1.807, 2.05) is 0 Å². The fourth-order valence-electron chi connectivity index (χ4n) is 1.55. The average molecular weight is 187 g/mol. The summed E-state index contributed by atoms with van der Waals surface area (Å²) in [6.45, 7) is 5.30. The van der Waals surface area contributed by atoms with Crippen LogP contribution >= 0.6 is 0 Å². The summed E-state index contributed by atoms with van der Waals surface area (Å²) < 4.78 is 5.42. The van der Waals surface area contributed by atoms with Crippen molar-refractivity contribution in [3.63, 3.8) is 0 Å². The minimum atomic E-state index is -0.909. The van der Waals surface area contributed by atoms with E-state index in [0.717, 1.165) is 0 Å². The van der Waals surface area contributed by atoms with Gasteiger partial charge in [-0.2, -0.15) is 0 Å². The fraction of sp³-hybridized carbons (Fsp3) is 0.778. The minimum Gasteiger partial charge on any atom is -0.389 e. The molecule has 1 aliphatic heterocycles. The predicted octanol–water partition coefficient (Wildman–Crippen LogP) is -0.601. The smallest absolute Gasteiger partial charge is 0.107 e. The normalized spacial score (nSPS) is 46.0. The summed E-state index contributed by atoms with van der Waals surface area (Å²) in [4.78, 5) is 0. The second kappa shape index (κ2) is 4.19. The van der Waals surface area contributed by atoms with Crippen LogP contribution in [0.15, 0.2) is 12.7 Å². The minimum absolute atomic E-state index is 0.245. The summed E-state index contributed by atoms with van der Waals surface area (Å²) in [5, 5.41) is 18.9. The highest BCUT2D eigenvalue weighted by atomic mass is 16.5. The lowest BCUT2D eigenvalue weighted by molar-refractivity contribution is -0.170. The van der Waals surface area contributed by atoms with Gasteiger partial charge in [-0.3, -0.25) is 0 Å². The number of hydrogen-bond acceptors (Lipinski definition) is 4. The lowest BCUT2D eigenvalue weighted by Gasteiger charge is -2.39. The quantitative estimate of drug-likeness (QED) is 0.504. The Balaban J connectivity index is 2.64. The Morgan fingerprint density at radius 1 is 1.46 bits per heavy atom. The highest BCUT2D eigenvalue weighted by Gasteiger charge is 2.39. The molecule has 0 saturated carbocycles. The summed E-state index contributed by atoms with van der Waals surface area (Å²) in [7, 11) is 0. The van der Waals surface area contributed by atoms with Gasteiger partial charge in [-0.15, -0.1) is 6.58 Å². The summed E-state index contributed by atoms with van der Waals surface area (Å²) in [6.07, 6.45) is -0.132. The Labute approximate surface area is 78.0 Å². The zero-order valence-corrected chi connectivity index (χ0v) is 7.76. The maximum atomic E-state index is 9.52. The summed E-state index contributed by atoms with van der Waals surface area (Å²) in [6, 6.07) is -0.538. The van der Waals surface area contributed by atoms with Crippen LogP contribution in [0.1, 0.15) is 13.3 Å². The van der Waals surface area contributed by atoms with Gasteiger partial charge in [-0.05, 0) is 13.3 Å². The molecule has 5 atom stereocenters. The van der Waals surface area contributed by atoms with Crippen LogP contribution in [0.3, 0.4) is 0 Å². The van der Waals surface area contributed by atoms with Crippen molar-refractivity contribution in [1.82, 2.24) is 0 Å². The summed E-state index contributed by atoms with van der Waals surface area (Å²) in [5.41, 5.74) is 5.68. The van der Waals surface area contributed by atoms with Gasteiger partial charge in [0.05, 0.1) is 24.4 Å². The van der Waals surface area contributed by atoms with Gasteiger partial charge in [0.15, 0.2) is 0 Å². The molecular formula is C9H17NO3. The Morgan fingerprint density at radius 2 is 2.08 bits per heavy atom. The Kier molecular flexibility index (Phi) is 3.44. The molecule has 1 fully saturated rings. The molecule has 0 spiro atoms. The molecule has 3 unspecified atom stereocenters. The molecule has 0 aromatic rings. The maximum Gasteiger partial charge on any atom is 0.107 e. The second-order valence-corrected chi connectivity index (χ2v) is 3.46. The van der Waals surface area contributed by atoms with Gasteiger partial charge in [-0.1, -0.05) is 6.08 Å². The van der Waals surface area contributed by atoms with Crippen LogP contribution in [0.4, 0.5) is 0 Å². The molecular weight excluding hydrogens is 170 g/mol. The first kappa shape index (κ1) is 10.7. The molecule has 0 radical (unpaired) electrons. The van der Waals surface area contributed by atoms with Crippen molar-refractivity contribution in [2.45, 2.75) is 43.8 Å². The topological polar surface area (TPSA) is 75.7 Å². The third kappa shape index (κ3) is 2.08. The number of aliphatic hydroxyl groups excluding tert-OH is 2. The first-order valence-electron chi connectivity index (χ1n) is 4.46. The predicted molar refractivity (Wildman–Crippen MR) is 49.1 cm³/mol. The summed E-state index contributed by atoms with van der Waals surface area (Å²) in [5.74, 6) is 0. The standard InChI is InChI=1S/C9H17NO3/c1-3-4-6-7(10)9(12)8(11)5(2)13-6/h3,5-9,11-12H,1,4,10H2,2H3/t5-,6-,7?,8?,9?/m1/s1. The molecule has 1 rings (SSSR count). The molecule has 4 nitrogen and oxygen atoms in total. The monoisotopic (exact) mass is 187 g/mol. The van der Waals surface area contributed by atoms with E-state index >= 15 is 0 Å². The van der Waals surface area contributed by atoms with Gasteiger partial charge < -0.3 is 20.7 Å². The van der Waals surface area contributed by atoms with Crippen molar-refractivity contribution in [3.8, 4) is 0 Å². The van der Waals surface area contributed by atoms with Gasteiger partial charge in [0, 0.05) is 0 Å². The Morgan fingerprint density at radius 3 is 2.62 bits per heavy atom. The molecule has 1 saturated heterocycles. The largest absolute Gasteiger partial charge is 0.389 e. The highest BCUT2D eigenvalue weighted by Crippen LogP contribution is 2.21. The van der Waals surface area contributed by atoms with Crippen LogP contribution in [0, 0.1) is 0 Å². The van der Waals surface area contributed by atoms with E-state index < -0.39 is 18.2 Å². The number of hydrogen-bond donors (Lipinski definition) is 3. The van der Waals surface area contributed by atoms with E-state index in [4.69, 9.17) is 10.5 Å². The molecule has 0 amide bonds. The van der Waals surface area contributed by atoms with Gasteiger partial charge in [0.1, 0.15) is 6.10 Å². The summed E-state index contributed by atoms with van der Waals surface area (Å²) >= 11 is 0. The average Bonchev–Trinajstić information content (AvgIpc) is 2.11. The van der Waals surface area contributed by atoms with Crippen molar-refractivity contribution >= 4 is 0 Å². The van der Waals surface area contributed by atoms with Gasteiger partial charge >= 0.3 is 0 Å². The number of aliphatic hydroxyl groups is 2. The lowest BCUT2D eigenvalue weighted by Crippen LogP contribution is -2.60. The Hall–Kier alpha value is -0.420. The molecule has 4 N–H and O–H groups in total. The van der Waals surface area contributed by atoms with Crippen molar-refractivity contribution in [3.05, 3.63) is 12.7 Å². The zero-order chi connectivity index (χ0) is 10.0. The molecule has 0 bridgehead atoms. The third-order valence-corrected chi connectivity index (χ3v) is 2.44. The fourth-order valence-corrected chi connectivity index (χ4v) is 1.55. The van der Waals surface area contributed by atoms with E-state index in [0.29, 0.717) is 6.42 Å². The van der Waals surface area contributed by atoms with Gasteiger partial charge in [-0.25, -0.2) is 0 Å². The Bertz CT molecular complexity index is 186. The van der Waals surface area contributed by atoms with E-state index in [9.17, 15) is 10.2 Å². The number of nitrogens with two attached hydrogens (primary N) is 1. The van der Waals surface area contributed by atoms with Gasteiger partial charge in [0.2, 0.25) is 0 Å². The van der Waals surface area contributed by atoms with Crippen molar-refractivity contribution in [1.29, 1.82) is 0 Å². The van der Waals surface area contributed by atoms with E-state index in [2.05, 4.69) is 6.58 Å². The van der Waals surface area contributed by atoms with E-state index in [1.54, 1.807) is 13.0 Å². The van der Waals surface area contributed by atoms with E-state index in [-0.39, 0.29) is 12.2 Å². The SMILES string of the molecule is C=CC[C@H]1O[C@H](C)C(O)C(O)C1N. The molecule has 1 aliphatic rings. The van der Waals surface area contributed by atoms with Crippen LogP contribution in [-0.4, -0.2) is 40.7 Å². The van der Waals surface area contributed by atoms with Crippen molar-refractivity contribution < 1.29 is 14.9 Å². The van der Waals surface area contributed by atoms with Crippen LogP contribution in [0.25, 0.3) is 0 Å². The first-order chi connectivity index (χ1) is 6.07. The van der Waals surface area contributed by atoms with Crippen LogP contribution < -0.4 is 5.73 Å². The number of rotatable bonds is 2. The number of ether oxygens (including phenoxy) is 1.